The summed E-state index contributed by atoms with van der Waals surface area (Å²) in [5.41, 5.74) is 1.82. The van der Waals surface area contributed by atoms with Gasteiger partial charge >= 0.3 is 18.1 Å². The first-order chi connectivity index (χ1) is 11.5. The standard InChI is InChI=1S/C16H21N3O5/c1-4-14(20)23-8-9-24-16(22)19-13-10-12(7-6-11(13)3)18-15(21)17-5-2/h4,6-7,10H,1,5,8-9H2,2-3H3,(H,19,22)(H2,17,18,21). The predicted molar refractivity (Wildman–Crippen MR) is 90.0 cm³/mol. The van der Waals surface area contributed by atoms with Crippen LogP contribution >= 0.6 is 0 Å². The summed E-state index contributed by atoms with van der Waals surface area (Å²) >= 11 is 0. The molecule has 0 aliphatic rings. The molecule has 0 aliphatic heterocycles. The van der Waals surface area contributed by atoms with Crippen LogP contribution in [-0.2, 0) is 14.3 Å². The molecule has 0 fully saturated rings. The molecule has 1 aromatic carbocycles. The highest BCUT2D eigenvalue weighted by atomic mass is 16.6. The molecule has 1 aromatic rings. The van der Waals surface area contributed by atoms with Crippen molar-refractivity contribution in [3.05, 3.63) is 36.4 Å². The highest BCUT2D eigenvalue weighted by molar-refractivity contribution is 5.91. The number of hydrogen-bond acceptors (Lipinski definition) is 5. The molecular formula is C16H21N3O5. The second kappa shape index (κ2) is 9.88. The second-order valence-corrected chi connectivity index (χ2v) is 4.65. The molecule has 0 atom stereocenters. The zero-order valence-corrected chi connectivity index (χ0v) is 13.7. The minimum atomic E-state index is -0.692. The molecule has 0 heterocycles. The first-order valence-corrected chi connectivity index (χ1v) is 7.34. The van der Waals surface area contributed by atoms with Crippen molar-refractivity contribution in [2.45, 2.75) is 13.8 Å². The van der Waals surface area contributed by atoms with E-state index < -0.39 is 12.1 Å². The van der Waals surface area contributed by atoms with E-state index in [1.54, 1.807) is 25.1 Å². The summed E-state index contributed by atoms with van der Waals surface area (Å²) in [6, 6.07) is 4.75. The molecule has 130 valence electrons. The number of urea groups is 1. The highest BCUT2D eigenvalue weighted by Gasteiger charge is 2.08. The Balaban J connectivity index is 2.53. The number of esters is 1. The molecule has 8 heteroatoms. The number of aryl methyl sites for hydroxylation is 1. The van der Waals surface area contributed by atoms with Crippen LogP contribution in [0.3, 0.4) is 0 Å². The normalized spacial score (nSPS) is 9.58. The average Bonchev–Trinajstić information content (AvgIpc) is 2.54. The van der Waals surface area contributed by atoms with Crippen LogP contribution in [0.15, 0.2) is 30.9 Å². The van der Waals surface area contributed by atoms with Gasteiger partial charge in [0, 0.05) is 24.0 Å². The van der Waals surface area contributed by atoms with Gasteiger partial charge < -0.3 is 20.1 Å². The Hall–Kier alpha value is -3.03. The molecule has 0 bridgehead atoms. The van der Waals surface area contributed by atoms with E-state index in [1.165, 1.54) is 0 Å². The van der Waals surface area contributed by atoms with Crippen LogP contribution in [0.25, 0.3) is 0 Å². The highest BCUT2D eigenvalue weighted by Crippen LogP contribution is 2.20. The number of rotatable bonds is 7. The summed E-state index contributed by atoms with van der Waals surface area (Å²) in [4.78, 5) is 34.1. The molecule has 0 saturated heterocycles. The van der Waals surface area contributed by atoms with E-state index >= 15 is 0 Å². The molecular weight excluding hydrogens is 314 g/mol. The van der Waals surface area contributed by atoms with Gasteiger partial charge in [-0.2, -0.15) is 0 Å². The van der Waals surface area contributed by atoms with Crippen LogP contribution in [0.1, 0.15) is 12.5 Å². The Labute approximate surface area is 140 Å². The van der Waals surface area contributed by atoms with Gasteiger partial charge in [-0.15, -0.1) is 0 Å². The molecule has 0 unspecified atom stereocenters. The van der Waals surface area contributed by atoms with E-state index in [9.17, 15) is 14.4 Å². The summed E-state index contributed by atoms with van der Waals surface area (Å²) in [5, 5.41) is 7.82. The van der Waals surface area contributed by atoms with Crippen LogP contribution in [0, 0.1) is 6.92 Å². The van der Waals surface area contributed by atoms with Crippen LogP contribution in [0.2, 0.25) is 0 Å². The lowest BCUT2D eigenvalue weighted by atomic mass is 10.2. The largest absolute Gasteiger partial charge is 0.459 e. The molecule has 0 spiro atoms. The Morgan fingerprint density at radius 1 is 1.17 bits per heavy atom. The third-order valence-corrected chi connectivity index (χ3v) is 2.80. The van der Waals surface area contributed by atoms with Crippen LogP contribution in [-0.4, -0.2) is 37.9 Å². The molecule has 3 amide bonds. The van der Waals surface area contributed by atoms with E-state index in [2.05, 4.69) is 27.3 Å². The van der Waals surface area contributed by atoms with E-state index in [1.807, 2.05) is 6.92 Å². The Kier molecular flexibility index (Phi) is 7.83. The van der Waals surface area contributed by atoms with Gasteiger partial charge in [-0.05, 0) is 31.5 Å². The third-order valence-electron chi connectivity index (χ3n) is 2.80. The van der Waals surface area contributed by atoms with Crippen molar-refractivity contribution in [2.24, 2.45) is 0 Å². The summed E-state index contributed by atoms with van der Waals surface area (Å²) in [6.07, 6.45) is 0.333. The minimum absolute atomic E-state index is 0.0595. The summed E-state index contributed by atoms with van der Waals surface area (Å²) < 4.78 is 9.58. The fraction of sp³-hybridized carbons (Fsp3) is 0.312. The fourth-order valence-corrected chi connectivity index (χ4v) is 1.65. The number of carbonyl (C=O) groups excluding carboxylic acids is 3. The average molecular weight is 335 g/mol. The zero-order chi connectivity index (χ0) is 17.9. The van der Waals surface area contributed by atoms with Gasteiger partial charge in [0.05, 0.1) is 0 Å². The van der Waals surface area contributed by atoms with Crippen molar-refractivity contribution in [3.63, 3.8) is 0 Å². The lowest BCUT2D eigenvalue weighted by molar-refractivity contribution is -0.138. The fourth-order valence-electron chi connectivity index (χ4n) is 1.65. The van der Waals surface area contributed by atoms with Gasteiger partial charge in [0.2, 0.25) is 0 Å². The molecule has 0 aliphatic carbocycles. The Morgan fingerprint density at radius 2 is 1.88 bits per heavy atom. The van der Waals surface area contributed by atoms with Crippen molar-refractivity contribution in [1.82, 2.24) is 5.32 Å². The van der Waals surface area contributed by atoms with Gasteiger partial charge in [0.15, 0.2) is 0 Å². The lowest BCUT2D eigenvalue weighted by Crippen LogP contribution is -2.28. The van der Waals surface area contributed by atoms with Crippen molar-refractivity contribution in [3.8, 4) is 0 Å². The van der Waals surface area contributed by atoms with E-state index in [0.717, 1.165) is 11.6 Å². The number of benzene rings is 1. The molecule has 0 aromatic heterocycles. The van der Waals surface area contributed by atoms with Gasteiger partial charge in [0.1, 0.15) is 13.2 Å². The third kappa shape index (κ3) is 6.82. The molecule has 0 saturated carbocycles. The number of carbonyl (C=O) groups is 3. The minimum Gasteiger partial charge on any atom is -0.459 e. The first kappa shape index (κ1) is 19.0. The van der Waals surface area contributed by atoms with Crippen LogP contribution < -0.4 is 16.0 Å². The lowest BCUT2D eigenvalue weighted by Gasteiger charge is -2.12. The summed E-state index contributed by atoms with van der Waals surface area (Å²) in [5.74, 6) is -0.584. The van der Waals surface area contributed by atoms with Gasteiger partial charge in [0.25, 0.3) is 0 Å². The Morgan fingerprint density at radius 3 is 2.54 bits per heavy atom. The summed E-state index contributed by atoms with van der Waals surface area (Å²) in [6.45, 7) is 7.23. The van der Waals surface area contributed by atoms with Crippen LogP contribution in [0.4, 0.5) is 21.0 Å². The van der Waals surface area contributed by atoms with Gasteiger partial charge in [-0.1, -0.05) is 12.6 Å². The van der Waals surface area contributed by atoms with E-state index in [4.69, 9.17) is 4.74 Å². The number of ether oxygens (including phenoxy) is 2. The monoisotopic (exact) mass is 335 g/mol. The molecule has 3 N–H and O–H groups in total. The molecule has 1 rings (SSSR count). The maximum absolute atomic E-state index is 11.7. The van der Waals surface area contributed by atoms with Crippen molar-refractivity contribution in [2.75, 3.05) is 30.4 Å². The number of amides is 3. The van der Waals surface area contributed by atoms with Gasteiger partial charge in [-0.25, -0.2) is 14.4 Å². The Bertz CT molecular complexity index is 616. The second-order valence-electron chi connectivity index (χ2n) is 4.65. The maximum atomic E-state index is 11.7. The zero-order valence-electron chi connectivity index (χ0n) is 13.7. The van der Waals surface area contributed by atoms with Crippen molar-refractivity contribution >= 4 is 29.5 Å². The topological polar surface area (TPSA) is 106 Å². The SMILES string of the molecule is C=CC(=O)OCCOC(=O)Nc1cc(NC(=O)NCC)ccc1C. The first-order valence-electron chi connectivity index (χ1n) is 7.34. The van der Waals surface area contributed by atoms with E-state index in [0.29, 0.717) is 17.9 Å². The smallest absolute Gasteiger partial charge is 0.411 e. The van der Waals surface area contributed by atoms with Crippen LogP contribution in [0.5, 0.6) is 0 Å². The maximum Gasteiger partial charge on any atom is 0.411 e. The number of hydrogen-bond donors (Lipinski definition) is 3. The van der Waals surface area contributed by atoms with Gasteiger partial charge in [-0.3, -0.25) is 5.32 Å². The predicted octanol–water partition coefficient (Wildman–Crippen LogP) is 2.41. The summed E-state index contributed by atoms with van der Waals surface area (Å²) in [7, 11) is 0. The number of nitrogens with one attached hydrogen (secondary N) is 3. The van der Waals surface area contributed by atoms with E-state index in [-0.39, 0.29) is 19.2 Å². The molecule has 8 nitrogen and oxygen atoms in total. The van der Waals surface area contributed by atoms with Crippen molar-refractivity contribution in [1.29, 1.82) is 0 Å². The quantitative estimate of drug-likeness (QED) is 0.403. The van der Waals surface area contributed by atoms with Crippen molar-refractivity contribution < 1.29 is 23.9 Å². The molecule has 0 radical (unpaired) electrons. The number of anilines is 2. The molecule has 24 heavy (non-hydrogen) atoms.